The van der Waals surface area contributed by atoms with Crippen molar-refractivity contribution in [2.75, 3.05) is 18.5 Å². The Morgan fingerprint density at radius 2 is 2.19 bits per heavy atom. The van der Waals surface area contributed by atoms with Gasteiger partial charge in [-0.3, -0.25) is 4.79 Å². The van der Waals surface area contributed by atoms with Crippen molar-refractivity contribution in [3.05, 3.63) is 22.2 Å². The Kier molecular flexibility index (Phi) is 5.39. The summed E-state index contributed by atoms with van der Waals surface area (Å²) in [5.74, 6) is 0.757. The second-order valence-electron chi connectivity index (χ2n) is 3.13. The predicted molar refractivity (Wildman–Crippen MR) is 80.7 cm³/mol. The first-order valence-electron chi connectivity index (χ1n) is 4.42. The zero-order chi connectivity index (χ0) is 12.3. The topological polar surface area (TPSA) is 29.5 Å². The first-order chi connectivity index (χ1) is 7.51. The van der Waals surface area contributed by atoms with Crippen molar-refractivity contribution in [2.24, 2.45) is 0 Å². The Morgan fingerprint density at radius 3 is 2.62 bits per heavy atom. The second-order valence-corrected chi connectivity index (χ2v) is 5.85. The molecule has 0 heterocycles. The van der Waals surface area contributed by atoms with Gasteiger partial charge in [0.05, 0.1) is 17.3 Å². The molecule has 88 valence electrons. The molecule has 0 spiro atoms. The lowest BCUT2D eigenvalue weighted by molar-refractivity contribution is 0.101. The fraction of sp³-hybridized carbons (Fsp3) is 0.300. The van der Waals surface area contributed by atoms with Crippen molar-refractivity contribution in [3.8, 4) is 5.75 Å². The van der Waals surface area contributed by atoms with Crippen LogP contribution < -0.4 is 9.04 Å². The highest BCUT2D eigenvalue weighted by molar-refractivity contribution is 14.2. The maximum atomic E-state index is 11.5. The van der Waals surface area contributed by atoms with Crippen LogP contribution in [0.25, 0.3) is 0 Å². The normalized spacial score (nSPS) is 10.1. The van der Waals surface area contributed by atoms with Gasteiger partial charge in [0.15, 0.2) is 5.78 Å². The summed E-state index contributed by atoms with van der Waals surface area (Å²) in [6, 6.07) is 3.65. The number of Topliss-reactive ketones (excluding diaryl/α,β-unsaturated/α-hetero) is 1. The van der Waals surface area contributed by atoms with E-state index in [4.69, 9.17) is 4.74 Å². The minimum atomic E-state index is 0.0376. The molecule has 0 aliphatic carbocycles. The lowest BCUT2D eigenvalue weighted by Gasteiger charge is -2.18. The van der Waals surface area contributed by atoms with E-state index in [1.165, 1.54) is 9.12 Å². The van der Waals surface area contributed by atoms with Gasteiger partial charge < -0.3 is 9.04 Å². The summed E-state index contributed by atoms with van der Waals surface area (Å²) in [4.78, 5) is 11.5. The van der Waals surface area contributed by atoms with Crippen molar-refractivity contribution in [1.29, 1.82) is 0 Å². The largest absolute Gasteiger partial charge is 0.495 e. The number of halogens is 2. The number of anilines is 1. The van der Waals surface area contributed by atoms with Crippen LogP contribution in [0.2, 0.25) is 0 Å². The summed E-state index contributed by atoms with van der Waals surface area (Å²) < 4.78 is 7.93. The summed E-state index contributed by atoms with van der Waals surface area (Å²) >= 11 is 5.54. The Morgan fingerprint density at radius 1 is 1.56 bits per heavy atom. The van der Waals surface area contributed by atoms with Gasteiger partial charge in [0, 0.05) is 49.0 Å². The number of carbonyl (C=O) groups is 1. The van der Waals surface area contributed by atoms with Crippen LogP contribution in [0, 0.1) is 0 Å². The van der Waals surface area contributed by atoms with Gasteiger partial charge in [-0.25, -0.2) is 0 Å². The molecule has 1 aromatic rings. The first kappa shape index (κ1) is 14.1. The highest BCUT2D eigenvalue weighted by Crippen LogP contribution is 2.36. The first-order valence-corrected chi connectivity index (χ1v) is 8.53. The quantitative estimate of drug-likeness (QED) is 0.420. The predicted octanol–water partition coefficient (Wildman–Crippen LogP) is 4.09. The van der Waals surface area contributed by atoms with Crippen LogP contribution >= 0.6 is 46.3 Å². The van der Waals surface area contributed by atoms with E-state index in [2.05, 4.69) is 37.1 Å². The molecule has 3 nitrogen and oxygen atoms in total. The number of methoxy groups -OCH3 is 1. The summed E-state index contributed by atoms with van der Waals surface area (Å²) in [5, 5.41) is 0. The Labute approximate surface area is 120 Å². The van der Waals surface area contributed by atoms with Crippen molar-refractivity contribution < 1.29 is 9.53 Å². The van der Waals surface area contributed by atoms with Crippen LogP contribution in [-0.2, 0) is 0 Å². The number of benzene rings is 1. The van der Waals surface area contributed by atoms with Crippen LogP contribution in [0.5, 0.6) is 5.75 Å². The van der Waals surface area contributed by atoms with E-state index in [0.717, 1.165) is 15.9 Å². The van der Waals surface area contributed by atoms with Crippen molar-refractivity contribution >= 4 is 57.7 Å². The zero-order valence-corrected chi connectivity index (χ0v) is 13.6. The summed E-state index contributed by atoms with van der Waals surface area (Å²) in [7, 11) is 5.03. The van der Waals surface area contributed by atoms with E-state index >= 15 is 0 Å². The van der Waals surface area contributed by atoms with Crippen LogP contribution in [0.15, 0.2) is 16.6 Å². The molecule has 1 rings (SSSR count). The number of carbonyl (C=O) groups excluding carboxylic acids is 1. The SMILES string of the molecule is COc1cc(N(C)SI)c(C(C)=O)cc1Br. The number of ketones is 1. The van der Waals surface area contributed by atoms with E-state index in [1.807, 2.05) is 17.4 Å². The number of rotatable bonds is 4. The molecule has 0 radical (unpaired) electrons. The molecule has 0 bridgehead atoms. The Bertz CT molecular complexity index is 414. The van der Waals surface area contributed by atoms with Gasteiger partial charge >= 0.3 is 0 Å². The second kappa shape index (κ2) is 6.11. The molecule has 0 amide bonds. The Hall–Kier alpha value is 0.0500. The number of ether oxygens (including phenoxy) is 1. The van der Waals surface area contributed by atoms with Gasteiger partial charge in [-0.15, -0.1) is 0 Å². The van der Waals surface area contributed by atoms with E-state index in [-0.39, 0.29) is 5.78 Å². The van der Waals surface area contributed by atoms with E-state index < -0.39 is 0 Å². The molecular weight excluding hydrogens is 405 g/mol. The standard InChI is InChI=1S/C10H11BrINO2S/c1-6(14)7-4-8(11)10(15-3)5-9(7)13(2)16-12/h4-5H,1-3H3. The highest BCUT2D eigenvalue weighted by Gasteiger charge is 2.15. The number of hydrogen-bond donors (Lipinski definition) is 0. The molecule has 0 saturated carbocycles. The molecule has 0 atom stereocenters. The number of hydrogen-bond acceptors (Lipinski definition) is 4. The molecule has 0 aromatic heterocycles. The molecule has 0 fully saturated rings. The molecule has 0 N–H and O–H groups in total. The minimum Gasteiger partial charge on any atom is -0.495 e. The summed E-state index contributed by atoms with van der Waals surface area (Å²) in [5.41, 5.74) is 1.53. The zero-order valence-electron chi connectivity index (χ0n) is 9.08. The van der Waals surface area contributed by atoms with E-state index in [1.54, 1.807) is 20.1 Å². The van der Waals surface area contributed by atoms with Crippen LogP contribution in [0.3, 0.4) is 0 Å². The molecule has 0 aliphatic rings. The maximum absolute atomic E-state index is 11.5. The van der Waals surface area contributed by atoms with Crippen LogP contribution in [-0.4, -0.2) is 19.9 Å². The van der Waals surface area contributed by atoms with Gasteiger partial charge in [-0.1, -0.05) is 0 Å². The van der Waals surface area contributed by atoms with Crippen LogP contribution in [0.1, 0.15) is 17.3 Å². The Balaban J connectivity index is 3.36. The van der Waals surface area contributed by atoms with Gasteiger partial charge in [0.25, 0.3) is 0 Å². The average Bonchev–Trinajstić information content (AvgIpc) is 2.27. The third kappa shape index (κ3) is 3.04. The summed E-state index contributed by atoms with van der Waals surface area (Å²) in [6.45, 7) is 1.56. The fourth-order valence-electron chi connectivity index (χ4n) is 1.28. The van der Waals surface area contributed by atoms with Crippen molar-refractivity contribution in [1.82, 2.24) is 0 Å². The van der Waals surface area contributed by atoms with Gasteiger partial charge in [-0.2, -0.15) is 0 Å². The van der Waals surface area contributed by atoms with Crippen molar-refractivity contribution in [2.45, 2.75) is 6.92 Å². The molecular formula is C10H11BrINO2S. The van der Waals surface area contributed by atoms with E-state index in [0.29, 0.717) is 5.56 Å². The molecule has 0 unspecified atom stereocenters. The third-order valence-electron chi connectivity index (χ3n) is 2.09. The monoisotopic (exact) mass is 415 g/mol. The van der Waals surface area contributed by atoms with Gasteiger partial charge in [-0.05, 0) is 28.9 Å². The summed E-state index contributed by atoms with van der Waals surface area (Å²) in [6.07, 6.45) is 0. The molecule has 0 saturated heterocycles. The van der Waals surface area contributed by atoms with Crippen LogP contribution in [0.4, 0.5) is 5.69 Å². The van der Waals surface area contributed by atoms with Gasteiger partial charge in [0.2, 0.25) is 0 Å². The average molecular weight is 416 g/mol. The molecule has 0 aliphatic heterocycles. The van der Waals surface area contributed by atoms with Crippen molar-refractivity contribution in [3.63, 3.8) is 0 Å². The smallest absolute Gasteiger partial charge is 0.161 e. The number of nitrogens with zero attached hydrogens (tertiary/aromatic N) is 1. The molecule has 16 heavy (non-hydrogen) atoms. The lowest BCUT2D eigenvalue weighted by Crippen LogP contribution is -2.09. The lowest BCUT2D eigenvalue weighted by atomic mass is 10.1. The highest BCUT2D eigenvalue weighted by atomic mass is 127. The molecule has 1 aromatic carbocycles. The molecule has 6 heteroatoms. The fourth-order valence-corrected chi connectivity index (χ4v) is 2.65. The van der Waals surface area contributed by atoms with Gasteiger partial charge in [0.1, 0.15) is 5.75 Å². The third-order valence-corrected chi connectivity index (χ3v) is 4.89. The maximum Gasteiger partial charge on any atom is 0.161 e. The minimum absolute atomic E-state index is 0.0376. The van der Waals surface area contributed by atoms with E-state index in [9.17, 15) is 4.79 Å².